The minimum Gasteiger partial charge on any atom is -0.479 e. The summed E-state index contributed by atoms with van der Waals surface area (Å²) in [7, 11) is 0. The molecule has 0 fully saturated rings. The molecule has 0 aliphatic heterocycles. The van der Waals surface area contributed by atoms with Gasteiger partial charge in [0.15, 0.2) is 5.60 Å². The van der Waals surface area contributed by atoms with Gasteiger partial charge in [0.1, 0.15) is 0 Å². The minimum absolute atomic E-state index is 0.0857. The van der Waals surface area contributed by atoms with E-state index >= 15 is 0 Å². The van der Waals surface area contributed by atoms with Gasteiger partial charge in [0.2, 0.25) is 0 Å². The maximum atomic E-state index is 10.7. The highest BCUT2D eigenvalue weighted by molar-refractivity contribution is 9.10. The minimum atomic E-state index is -1.92. The van der Waals surface area contributed by atoms with E-state index in [1.54, 1.807) is 0 Å². The number of nitrogens with zero attached hydrogens (tertiary/aromatic N) is 1. The molecule has 0 radical (unpaired) electrons. The topological polar surface area (TPSA) is 113 Å². The number of benzene rings is 1. The molecule has 0 aliphatic carbocycles. The molecule has 1 rings (SSSR count). The van der Waals surface area contributed by atoms with Crippen LogP contribution in [0.1, 0.15) is 6.92 Å². The molecule has 98 valence electrons. The molecule has 7 nitrogen and oxygen atoms in total. The number of carboxylic acid groups (broad SMARTS) is 1. The summed E-state index contributed by atoms with van der Waals surface area (Å²) in [6.07, 6.45) is 0. The first-order valence-corrected chi connectivity index (χ1v) is 5.67. The third kappa shape index (κ3) is 3.41. The second kappa shape index (κ2) is 5.32. The van der Waals surface area contributed by atoms with Gasteiger partial charge in [-0.15, -0.1) is 0 Å². The zero-order valence-electron chi connectivity index (χ0n) is 9.38. The summed E-state index contributed by atoms with van der Waals surface area (Å²) in [4.78, 5) is 20.7. The van der Waals surface area contributed by atoms with Gasteiger partial charge >= 0.3 is 5.97 Å². The SMILES string of the molecule is CC(O)(CNc1ccc([N+](=O)[O-])cc1Br)C(=O)O. The molecule has 18 heavy (non-hydrogen) atoms. The highest BCUT2D eigenvalue weighted by Crippen LogP contribution is 2.27. The molecule has 0 aromatic heterocycles. The largest absolute Gasteiger partial charge is 0.479 e. The number of halogens is 1. The fourth-order valence-electron chi connectivity index (χ4n) is 1.10. The molecule has 3 N–H and O–H groups in total. The molecule has 0 aliphatic rings. The van der Waals surface area contributed by atoms with Crippen molar-refractivity contribution in [1.82, 2.24) is 0 Å². The number of carboxylic acids is 1. The summed E-state index contributed by atoms with van der Waals surface area (Å²) >= 11 is 3.12. The molecule has 1 aromatic carbocycles. The van der Waals surface area contributed by atoms with Crippen LogP contribution in [0.4, 0.5) is 11.4 Å². The maximum absolute atomic E-state index is 10.7. The Morgan fingerprint density at radius 1 is 1.61 bits per heavy atom. The molecular formula is C10H11BrN2O5. The van der Waals surface area contributed by atoms with Crippen molar-refractivity contribution in [2.45, 2.75) is 12.5 Å². The van der Waals surface area contributed by atoms with Gasteiger partial charge in [-0.1, -0.05) is 0 Å². The lowest BCUT2D eigenvalue weighted by molar-refractivity contribution is -0.384. The summed E-state index contributed by atoms with van der Waals surface area (Å²) in [6, 6.07) is 4.00. The van der Waals surface area contributed by atoms with Gasteiger partial charge in [-0.25, -0.2) is 4.79 Å². The van der Waals surface area contributed by atoms with Gasteiger partial charge in [0.05, 0.1) is 11.5 Å². The average Bonchev–Trinajstić information content (AvgIpc) is 2.26. The Hall–Kier alpha value is -1.67. The molecule has 0 bridgehead atoms. The molecule has 0 saturated heterocycles. The van der Waals surface area contributed by atoms with Gasteiger partial charge in [-0.2, -0.15) is 0 Å². The fraction of sp³-hybridized carbons (Fsp3) is 0.300. The molecule has 1 aromatic rings. The smallest absolute Gasteiger partial charge is 0.337 e. The molecule has 1 atom stereocenters. The number of nitrogens with one attached hydrogen (secondary N) is 1. The number of anilines is 1. The Morgan fingerprint density at radius 2 is 2.22 bits per heavy atom. The Balaban J connectivity index is 2.81. The Kier molecular flexibility index (Phi) is 4.25. The van der Waals surface area contributed by atoms with E-state index in [-0.39, 0.29) is 12.2 Å². The summed E-state index contributed by atoms with van der Waals surface area (Å²) in [5.41, 5.74) is -1.54. The van der Waals surface area contributed by atoms with E-state index < -0.39 is 16.5 Å². The third-order valence-electron chi connectivity index (χ3n) is 2.25. The number of non-ortho nitro benzene ring substituents is 1. The summed E-state index contributed by atoms with van der Waals surface area (Å²) < 4.78 is 0.415. The Bertz CT molecular complexity index is 489. The lowest BCUT2D eigenvalue weighted by atomic mass is 10.1. The number of aliphatic carboxylic acids is 1. The van der Waals surface area contributed by atoms with Gasteiger partial charge in [0.25, 0.3) is 5.69 Å². The summed E-state index contributed by atoms with van der Waals surface area (Å²) in [6.45, 7) is 0.931. The highest BCUT2D eigenvalue weighted by Gasteiger charge is 2.29. The van der Waals surface area contributed by atoms with Crippen LogP contribution in [0.2, 0.25) is 0 Å². The molecule has 0 spiro atoms. The number of hydrogen-bond donors (Lipinski definition) is 3. The van der Waals surface area contributed by atoms with Crippen molar-refractivity contribution in [3.8, 4) is 0 Å². The second-order valence-electron chi connectivity index (χ2n) is 3.85. The van der Waals surface area contributed by atoms with Gasteiger partial charge in [0, 0.05) is 22.3 Å². The van der Waals surface area contributed by atoms with Gasteiger partial charge in [-0.05, 0) is 28.9 Å². The van der Waals surface area contributed by atoms with Crippen LogP contribution >= 0.6 is 15.9 Å². The Morgan fingerprint density at radius 3 is 2.67 bits per heavy atom. The first kappa shape index (κ1) is 14.4. The lowest BCUT2D eigenvalue weighted by Crippen LogP contribution is -2.41. The van der Waals surface area contributed by atoms with Gasteiger partial charge in [-0.3, -0.25) is 10.1 Å². The summed E-state index contributed by atoms with van der Waals surface area (Å²) in [5.74, 6) is -1.35. The van der Waals surface area contributed by atoms with Crippen molar-refractivity contribution in [2.24, 2.45) is 0 Å². The van der Waals surface area contributed by atoms with E-state index in [2.05, 4.69) is 21.2 Å². The highest BCUT2D eigenvalue weighted by atomic mass is 79.9. The second-order valence-corrected chi connectivity index (χ2v) is 4.71. The van der Waals surface area contributed by atoms with Crippen LogP contribution in [0.15, 0.2) is 22.7 Å². The van der Waals surface area contributed by atoms with E-state index in [1.165, 1.54) is 18.2 Å². The van der Waals surface area contributed by atoms with Crippen molar-refractivity contribution in [3.05, 3.63) is 32.8 Å². The van der Waals surface area contributed by atoms with Crippen LogP contribution in [0.3, 0.4) is 0 Å². The van der Waals surface area contributed by atoms with Crippen molar-refractivity contribution < 1.29 is 19.9 Å². The first-order valence-electron chi connectivity index (χ1n) is 4.87. The van der Waals surface area contributed by atoms with Crippen LogP contribution in [0.25, 0.3) is 0 Å². The number of hydrogen-bond acceptors (Lipinski definition) is 5. The van der Waals surface area contributed by atoms with Crippen molar-refractivity contribution in [3.63, 3.8) is 0 Å². The first-order chi connectivity index (χ1) is 8.24. The quantitative estimate of drug-likeness (QED) is 0.561. The zero-order valence-corrected chi connectivity index (χ0v) is 11.0. The van der Waals surface area contributed by atoms with Crippen LogP contribution in [0.5, 0.6) is 0 Å². The summed E-state index contributed by atoms with van der Waals surface area (Å²) in [5, 5.41) is 31.4. The van der Waals surface area contributed by atoms with Crippen molar-refractivity contribution in [1.29, 1.82) is 0 Å². The molecule has 0 heterocycles. The number of carbonyl (C=O) groups is 1. The molecule has 1 unspecified atom stereocenters. The fourth-order valence-corrected chi connectivity index (χ4v) is 1.61. The van der Waals surface area contributed by atoms with Gasteiger partial charge < -0.3 is 15.5 Å². The van der Waals surface area contributed by atoms with E-state index in [4.69, 9.17) is 5.11 Å². The van der Waals surface area contributed by atoms with E-state index in [0.717, 1.165) is 6.92 Å². The van der Waals surface area contributed by atoms with Crippen LogP contribution < -0.4 is 5.32 Å². The average molecular weight is 319 g/mol. The predicted octanol–water partition coefficient (Wildman–Crippen LogP) is 1.60. The van der Waals surface area contributed by atoms with Crippen LogP contribution in [-0.2, 0) is 4.79 Å². The molecule has 0 saturated carbocycles. The number of aliphatic hydroxyl groups is 1. The zero-order chi connectivity index (χ0) is 13.9. The van der Waals surface area contributed by atoms with E-state index in [9.17, 15) is 20.0 Å². The maximum Gasteiger partial charge on any atom is 0.337 e. The van der Waals surface area contributed by atoms with Crippen molar-refractivity contribution >= 4 is 33.3 Å². The molecule has 0 amide bonds. The number of nitro groups is 1. The van der Waals surface area contributed by atoms with Crippen LogP contribution in [-0.4, -0.2) is 33.3 Å². The standard InChI is InChI=1S/C10H11BrN2O5/c1-10(16,9(14)15)5-12-8-3-2-6(13(17)18)4-7(8)11/h2-4,12,16H,5H2,1H3,(H,14,15). The lowest BCUT2D eigenvalue weighted by Gasteiger charge is -2.19. The number of rotatable bonds is 5. The van der Waals surface area contributed by atoms with E-state index in [1.807, 2.05) is 0 Å². The van der Waals surface area contributed by atoms with E-state index in [0.29, 0.717) is 10.2 Å². The Labute approximate surface area is 111 Å². The number of nitro benzene ring substituents is 1. The molecule has 8 heteroatoms. The molecular weight excluding hydrogens is 308 g/mol. The third-order valence-corrected chi connectivity index (χ3v) is 2.90. The van der Waals surface area contributed by atoms with Crippen molar-refractivity contribution in [2.75, 3.05) is 11.9 Å². The monoisotopic (exact) mass is 318 g/mol. The van der Waals surface area contributed by atoms with Crippen LogP contribution in [0, 0.1) is 10.1 Å². The normalized spacial score (nSPS) is 13.7. The predicted molar refractivity (Wildman–Crippen MR) is 67.5 cm³/mol.